The third-order valence-corrected chi connectivity index (χ3v) is 8.51. The lowest BCUT2D eigenvalue weighted by Gasteiger charge is -2.26. The fourth-order valence-corrected chi connectivity index (χ4v) is 6.61. The van der Waals surface area contributed by atoms with E-state index in [1.807, 2.05) is 0 Å². The SMILES string of the molecule is CCCCCCCCOc1ccc(C(CCCCC)CC2CSCSC2)cc1. The van der Waals surface area contributed by atoms with Crippen LogP contribution in [0.15, 0.2) is 24.3 Å². The van der Waals surface area contributed by atoms with Crippen molar-refractivity contribution in [3.8, 4) is 5.75 Å². The Balaban J connectivity index is 1.78. The van der Waals surface area contributed by atoms with E-state index in [4.69, 9.17) is 4.74 Å². The van der Waals surface area contributed by atoms with Crippen LogP contribution in [-0.4, -0.2) is 23.2 Å². The molecule has 1 aromatic rings. The highest BCUT2D eigenvalue weighted by Gasteiger charge is 2.20. The molecule has 2 rings (SSSR count). The lowest BCUT2D eigenvalue weighted by Crippen LogP contribution is -2.16. The van der Waals surface area contributed by atoms with Crippen molar-refractivity contribution < 1.29 is 4.74 Å². The van der Waals surface area contributed by atoms with Gasteiger partial charge in [-0.3, -0.25) is 0 Å². The summed E-state index contributed by atoms with van der Waals surface area (Å²) in [7, 11) is 0. The molecule has 0 aromatic heterocycles. The predicted molar refractivity (Wildman–Crippen MR) is 130 cm³/mol. The van der Waals surface area contributed by atoms with Crippen molar-refractivity contribution in [2.24, 2.45) is 5.92 Å². The average Bonchev–Trinajstić information content (AvgIpc) is 2.74. The van der Waals surface area contributed by atoms with Crippen LogP contribution in [0.2, 0.25) is 0 Å². The minimum atomic E-state index is 0.725. The summed E-state index contributed by atoms with van der Waals surface area (Å²) in [5.74, 6) is 5.38. The van der Waals surface area contributed by atoms with Gasteiger partial charge in [-0.25, -0.2) is 0 Å². The second-order valence-corrected chi connectivity index (χ2v) is 10.8. The van der Waals surface area contributed by atoms with Crippen molar-refractivity contribution in [2.45, 2.75) is 90.4 Å². The fourth-order valence-electron chi connectivity index (χ4n) is 4.05. The summed E-state index contributed by atoms with van der Waals surface area (Å²) in [5, 5.41) is 1.29. The van der Waals surface area contributed by atoms with Crippen molar-refractivity contribution in [1.82, 2.24) is 0 Å². The van der Waals surface area contributed by atoms with E-state index in [2.05, 4.69) is 61.6 Å². The molecule has 1 saturated heterocycles. The molecule has 0 N–H and O–H groups in total. The molecule has 0 radical (unpaired) electrons. The molecule has 1 aliphatic rings. The van der Waals surface area contributed by atoms with E-state index in [0.717, 1.165) is 24.2 Å². The van der Waals surface area contributed by atoms with E-state index in [0.29, 0.717) is 0 Å². The van der Waals surface area contributed by atoms with Crippen LogP contribution >= 0.6 is 23.5 Å². The topological polar surface area (TPSA) is 9.23 Å². The van der Waals surface area contributed by atoms with E-state index in [9.17, 15) is 0 Å². The molecule has 0 bridgehead atoms. The highest BCUT2D eigenvalue weighted by molar-refractivity contribution is 8.16. The molecule has 3 heteroatoms. The number of unbranched alkanes of at least 4 members (excludes halogenated alkanes) is 7. The summed E-state index contributed by atoms with van der Waals surface area (Å²) >= 11 is 4.26. The van der Waals surface area contributed by atoms with Crippen molar-refractivity contribution in [1.29, 1.82) is 0 Å². The summed E-state index contributed by atoms with van der Waals surface area (Å²) in [5.41, 5.74) is 1.53. The number of hydrogen-bond acceptors (Lipinski definition) is 3. The smallest absolute Gasteiger partial charge is 0.119 e. The van der Waals surface area contributed by atoms with Gasteiger partial charge in [-0.2, -0.15) is 23.5 Å². The van der Waals surface area contributed by atoms with Gasteiger partial charge < -0.3 is 4.74 Å². The molecule has 0 aliphatic carbocycles. The Kier molecular flexibility index (Phi) is 13.3. The first-order chi connectivity index (χ1) is 13.8. The average molecular weight is 423 g/mol. The van der Waals surface area contributed by atoms with Gasteiger partial charge in [0.1, 0.15) is 5.75 Å². The van der Waals surface area contributed by atoms with Crippen molar-refractivity contribution in [2.75, 3.05) is 23.2 Å². The maximum Gasteiger partial charge on any atom is 0.119 e. The molecular weight excluding hydrogens is 380 g/mol. The van der Waals surface area contributed by atoms with Gasteiger partial charge in [0.2, 0.25) is 0 Å². The maximum atomic E-state index is 5.99. The summed E-state index contributed by atoms with van der Waals surface area (Å²) in [6.07, 6.45) is 14.7. The molecule has 0 amide bonds. The minimum Gasteiger partial charge on any atom is -0.494 e. The minimum absolute atomic E-state index is 0.725. The normalized spacial score (nSPS) is 16.2. The van der Waals surface area contributed by atoms with Gasteiger partial charge in [0.05, 0.1) is 6.61 Å². The van der Waals surface area contributed by atoms with E-state index < -0.39 is 0 Å². The van der Waals surface area contributed by atoms with Crippen LogP contribution in [-0.2, 0) is 0 Å². The Morgan fingerprint density at radius 1 is 0.857 bits per heavy atom. The van der Waals surface area contributed by atoms with Gasteiger partial charge in [0, 0.05) is 5.08 Å². The molecule has 160 valence electrons. The number of thioether (sulfide) groups is 2. The summed E-state index contributed by atoms with van der Waals surface area (Å²) in [4.78, 5) is 0. The molecule has 28 heavy (non-hydrogen) atoms. The van der Waals surface area contributed by atoms with Gasteiger partial charge >= 0.3 is 0 Å². The number of hydrogen-bond donors (Lipinski definition) is 0. The first kappa shape index (κ1) is 24.0. The van der Waals surface area contributed by atoms with Crippen LogP contribution in [0.5, 0.6) is 5.75 Å². The molecule has 1 aromatic carbocycles. The second-order valence-electron chi connectivity index (χ2n) is 8.34. The lowest BCUT2D eigenvalue weighted by atomic mass is 9.86. The molecule has 1 nitrogen and oxygen atoms in total. The van der Waals surface area contributed by atoms with Crippen LogP contribution in [0.1, 0.15) is 96.0 Å². The highest BCUT2D eigenvalue weighted by atomic mass is 32.2. The van der Waals surface area contributed by atoms with E-state index >= 15 is 0 Å². The van der Waals surface area contributed by atoms with Crippen LogP contribution in [0.4, 0.5) is 0 Å². The van der Waals surface area contributed by atoms with Crippen LogP contribution < -0.4 is 4.74 Å². The van der Waals surface area contributed by atoms with Crippen LogP contribution in [0.25, 0.3) is 0 Å². The summed E-state index contributed by atoms with van der Waals surface area (Å²) < 4.78 is 5.99. The second kappa shape index (κ2) is 15.5. The van der Waals surface area contributed by atoms with E-state index in [1.54, 1.807) is 0 Å². The molecule has 0 saturated carbocycles. The molecule has 1 heterocycles. The fraction of sp³-hybridized carbons (Fsp3) is 0.760. The molecular formula is C25H42OS2. The highest BCUT2D eigenvalue weighted by Crippen LogP contribution is 2.36. The van der Waals surface area contributed by atoms with Gasteiger partial charge in [0.15, 0.2) is 0 Å². The largest absolute Gasteiger partial charge is 0.494 e. The maximum absolute atomic E-state index is 5.99. The molecule has 0 spiro atoms. The number of benzene rings is 1. The predicted octanol–water partition coefficient (Wildman–Crippen LogP) is 8.53. The van der Waals surface area contributed by atoms with Crippen LogP contribution in [0.3, 0.4) is 0 Å². The lowest BCUT2D eigenvalue weighted by molar-refractivity contribution is 0.304. The zero-order valence-electron chi connectivity index (χ0n) is 18.3. The number of rotatable bonds is 15. The zero-order chi connectivity index (χ0) is 19.9. The Bertz CT molecular complexity index is 482. The molecule has 1 atom stereocenters. The number of ether oxygens (including phenoxy) is 1. The monoisotopic (exact) mass is 422 g/mol. The summed E-state index contributed by atoms with van der Waals surface area (Å²) in [6, 6.07) is 9.11. The zero-order valence-corrected chi connectivity index (χ0v) is 19.9. The Morgan fingerprint density at radius 2 is 1.50 bits per heavy atom. The molecule has 1 fully saturated rings. The third kappa shape index (κ3) is 9.96. The first-order valence-corrected chi connectivity index (χ1v) is 14.0. The van der Waals surface area contributed by atoms with E-state index in [-0.39, 0.29) is 0 Å². The third-order valence-electron chi connectivity index (χ3n) is 5.77. The van der Waals surface area contributed by atoms with Crippen molar-refractivity contribution in [3.05, 3.63) is 29.8 Å². The molecule has 1 aliphatic heterocycles. The van der Waals surface area contributed by atoms with Gasteiger partial charge in [-0.05, 0) is 60.3 Å². The van der Waals surface area contributed by atoms with Gasteiger partial charge in [0.25, 0.3) is 0 Å². The summed E-state index contributed by atoms with van der Waals surface area (Å²) in [6.45, 7) is 5.44. The van der Waals surface area contributed by atoms with Crippen molar-refractivity contribution >= 4 is 23.5 Å². The Morgan fingerprint density at radius 3 is 2.21 bits per heavy atom. The van der Waals surface area contributed by atoms with Gasteiger partial charge in [-0.15, -0.1) is 0 Å². The first-order valence-electron chi connectivity index (χ1n) is 11.7. The quantitative estimate of drug-likeness (QED) is 0.262. The van der Waals surface area contributed by atoms with Crippen molar-refractivity contribution in [3.63, 3.8) is 0 Å². The standard InChI is InChI=1S/C25H42OS2/c1-3-5-7-8-9-11-17-26-25-15-13-23(14-16-25)24(12-10-6-4-2)18-22-19-27-21-28-20-22/h13-16,22,24H,3-12,17-21H2,1-2H3. The Labute approximate surface area is 183 Å². The molecule has 1 unspecified atom stereocenters. The van der Waals surface area contributed by atoms with Crippen LogP contribution in [0, 0.1) is 5.92 Å². The van der Waals surface area contributed by atoms with E-state index in [1.165, 1.54) is 92.8 Å². The van der Waals surface area contributed by atoms with Gasteiger partial charge in [-0.1, -0.05) is 77.3 Å². The Hall–Kier alpha value is -0.280.